The van der Waals surface area contributed by atoms with Gasteiger partial charge in [-0.3, -0.25) is 0 Å². The van der Waals surface area contributed by atoms with Gasteiger partial charge in [0, 0.05) is 5.39 Å². The van der Waals surface area contributed by atoms with Crippen LogP contribution in [0.15, 0.2) is 23.4 Å². The molecule has 0 spiro atoms. The molecule has 2 rings (SSSR count). The molecular formula is C11H8Cl2N2O2. The van der Waals surface area contributed by atoms with E-state index in [1.165, 1.54) is 19.4 Å². The predicted molar refractivity (Wildman–Crippen MR) is 68.0 cm³/mol. The van der Waals surface area contributed by atoms with Gasteiger partial charge in [-0.2, -0.15) is 0 Å². The van der Waals surface area contributed by atoms with Gasteiger partial charge < -0.3 is 9.94 Å². The number of aromatic hydroxyl groups is 1. The number of phenols is 1. The van der Waals surface area contributed by atoms with Crippen LogP contribution in [-0.2, 0) is 4.84 Å². The number of rotatable bonds is 2. The molecule has 0 aliphatic rings. The summed E-state index contributed by atoms with van der Waals surface area (Å²) in [6.45, 7) is 0. The van der Waals surface area contributed by atoms with E-state index in [2.05, 4.69) is 15.0 Å². The van der Waals surface area contributed by atoms with Crippen molar-refractivity contribution in [1.82, 2.24) is 4.98 Å². The lowest BCUT2D eigenvalue weighted by Gasteiger charge is -2.05. The first-order valence-electron chi connectivity index (χ1n) is 4.67. The lowest BCUT2D eigenvalue weighted by molar-refractivity contribution is 0.215. The first-order valence-corrected chi connectivity index (χ1v) is 5.43. The minimum Gasteiger partial charge on any atom is -0.504 e. The zero-order valence-corrected chi connectivity index (χ0v) is 10.3. The SMILES string of the molecule is CON=Cc1ccc2c(Cl)cc(Cl)c(O)c2n1. The Labute approximate surface area is 107 Å². The smallest absolute Gasteiger partial charge is 0.160 e. The highest BCUT2D eigenvalue weighted by Gasteiger charge is 2.10. The fourth-order valence-electron chi connectivity index (χ4n) is 1.40. The molecule has 0 atom stereocenters. The van der Waals surface area contributed by atoms with E-state index in [0.717, 1.165) is 0 Å². The third kappa shape index (κ3) is 2.28. The van der Waals surface area contributed by atoms with Crippen molar-refractivity contribution in [3.63, 3.8) is 0 Å². The van der Waals surface area contributed by atoms with Gasteiger partial charge in [0.25, 0.3) is 0 Å². The Bertz CT molecular complexity index is 600. The number of halogens is 2. The molecule has 0 saturated carbocycles. The summed E-state index contributed by atoms with van der Waals surface area (Å²) in [6.07, 6.45) is 1.42. The maximum Gasteiger partial charge on any atom is 0.160 e. The summed E-state index contributed by atoms with van der Waals surface area (Å²) < 4.78 is 0. The number of benzene rings is 1. The summed E-state index contributed by atoms with van der Waals surface area (Å²) in [6, 6.07) is 4.92. The fraction of sp³-hybridized carbons (Fsp3) is 0.0909. The van der Waals surface area contributed by atoms with E-state index in [-0.39, 0.29) is 10.8 Å². The lowest BCUT2D eigenvalue weighted by Crippen LogP contribution is -1.90. The molecule has 0 radical (unpaired) electrons. The molecule has 0 fully saturated rings. The second-order valence-electron chi connectivity index (χ2n) is 3.24. The molecule has 6 heteroatoms. The Morgan fingerprint density at radius 1 is 1.35 bits per heavy atom. The molecule has 4 nitrogen and oxygen atoms in total. The summed E-state index contributed by atoms with van der Waals surface area (Å²) in [7, 11) is 1.43. The van der Waals surface area contributed by atoms with Gasteiger partial charge in [0.15, 0.2) is 5.75 Å². The second-order valence-corrected chi connectivity index (χ2v) is 4.05. The van der Waals surface area contributed by atoms with E-state index >= 15 is 0 Å². The molecule has 0 saturated heterocycles. The zero-order valence-electron chi connectivity index (χ0n) is 8.82. The molecule has 2 aromatic rings. The number of fused-ring (bicyclic) bond motifs is 1. The van der Waals surface area contributed by atoms with Gasteiger partial charge in [-0.15, -0.1) is 0 Å². The fourth-order valence-corrected chi connectivity index (χ4v) is 1.91. The van der Waals surface area contributed by atoms with Crippen LogP contribution < -0.4 is 0 Å². The highest BCUT2D eigenvalue weighted by atomic mass is 35.5. The highest BCUT2D eigenvalue weighted by Crippen LogP contribution is 2.35. The Morgan fingerprint density at radius 2 is 2.12 bits per heavy atom. The molecule has 0 unspecified atom stereocenters. The summed E-state index contributed by atoms with van der Waals surface area (Å²) in [5, 5.41) is 14.6. The van der Waals surface area contributed by atoms with Gasteiger partial charge in [-0.05, 0) is 18.2 Å². The normalized spacial score (nSPS) is 11.2. The van der Waals surface area contributed by atoms with E-state index in [1.54, 1.807) is 12.1 Å². The van der Waals surface area contributed by atoms with Crippen LogP contribution in [0, 0.1) is 0 Å². The lowest BCUT2D eigenvalue weighted by atomic mass is 10.2. The Kier molecular flexibility index (Phi) is 3.36. The largest absolute Gasteiger partial charge is 0.504 e. The van der Waals surface area contributed by atoms with Gasteiger partial charge in [0.2, 0.25) is 0 Å². The Morgan fingerprint density at radius 3 is 2.82 bits per heavy atom. The molecule has 1 heterocycles. The summed E-state index contributed by atoms with van der Waals surface area (Å²) >= 11 is 11.8. The standard InChI is InChI=1S/C11H8Cl2N2O2/c1-17-14-5-6-2-3-7-8(12)4-9(13)11(16)10(7)15-6/h2-5,16H,1H3. The monoisotopic (exact) mass is 270 g/mol. The average molecular weight is 271 g/mol. The van der Waals surface area contributed by atoms with E-state index in [1.807, 2.05) is 0 Å². The van der Waals surface area contributed by atoms with Crippen molar-refractivity contribution in [3.8, 4) is 5.75 Å². The van der Waals surface area contributed by atoms with Crippen molar-refractivity contribution in [2.75, 3.05) is 7.11 Å². The number of oxime groups is 1. The average Bonchev–Trinajstić information content (AvgIpc) is 2.33. The maximum atomic E-state index is 9.80. The van der Waals surface area contributed by atoms with E-state index < -0.39 is 0 Å². The summed E-state index contributed by atoms with van der Waals surface area (Å²) in [4.78, 5) is 8.74. The predicted octanol–water partition coefficient (Wildman–Crippen LogP) is 3.23. The molecule has 17 heavy (non-hydrogen) atoms. The van der Waals surface area contributed by atoms with Crippen LogP contribution in [0.2, 0.25) is 10.0 Å². The second kappa shape index (κ2) is 4.77. The molecule has 1 N–H and O–H groups in total. The van der Waals surface area contributed by atoms with Crippen molar-refractivity contribution in [1.29, 1.82) is 0 Å². The molecule has 1 aromatic carbocycles. The third-order valence-corrected chi connectivity index (χ3v) is 2.77. The number of aromatic nitrogens is 1. The number of nitrogens with zero attached hydrogens (tertiary/aromatic N) is 2. The van der Waals surface area contributed by atoms with Gasteiger partial charge >= 0.3 is 0 Å². The Hall–Kier alpha value is -1.52. The molecule has 0 aliphatic heterocycles. The van der Waals surface area contributed by atoms with E-state index in [0.29, 0.717) is 21.6 Å². The first kappa shape index (κ1) is 12.0. The van der Waals surface area contributed by atoms with Crippen molar-refractivity contribution in [2.24, 2.45) is 5.16 Å². The quantitative estimate of drug-likeness (QED) is 0.674. The van der Waals surface area contributed by atoms with Crippen LogP contribution in [-0.4, -0.2) is 23.4 Å². The number of hydrogen-bond donors (Lipinski definition) is 1. The van der Waals surface area contributed by atoms with Crippen molar-refractivity contribution in [3.05, 3.63) is 33.9 Å². The van der Waals surface area contributed by atoms with Gasteiger partial charge in [0.1, 0.15) is 12.6 Å². The van der Waals surface area contributed by atoms with Crippen molar-refractivity contribution < 1.29 is 9.94 Å². The van der Waals surface area contributed by atoms with Crippen LogP contribution in [0.5, 0.6) is 5.75 Å². The Balaban J connectivity index is 2.67. The maximum absolute atomic E-state index is 9.80. The highest BCUT2D eigenvalue weighted by molar-refractivity contribution is 6.39. The number of hydrogen-bond acceptors (Lipinski definition) is 4. The molecule has 0 aliphatic carbocycles. The number of pyridine rings is 1. The minimum atomic E-state index is -0.0984. The first-order chi connectivity index (χ1) is 8.13. The van der Waals surface area contributed by atoms with Crippen LogP contribution in [0.1, 0.15) is 5.69 Å². The van der Waals surface area contributed by atoms with Crippen LogP contribution in [0.25, 0.3) is 10.9 Å². The van der Waals surface area contributed by atoms with Gasteiger partial charge in [0.05, 0.1) is 22.0 Å². The zero-order chi connectivity index (χ0) is 12.4. The van der Waals surface area contributed by atoms with Crippen LogP contribution in [0.4, 0.5) is 0 Å². The van der Waals surface area contributed by atoms with Crippen molar-refractivity contribution >= 4 is 40.3 Å². The van der Waals surface area contributed by atoms with Crippen LogP contribution in [0.3, 0.4) is 0 Å². The third-order valence-electron chi connectivity index (χ3n) is 2.17. The topological polar surface area (TPSA) is 54.7 Å². The molecule has 0 amide bonds. The molecular weight excluding hydrogens is 263 g/mol. The van der Waals surface area contributed by atoms with E-state index in [9.17, 15) is 5.11 Å². The molecule has 88 valence electrons. The molecule has 1 aromatic heterocycles. The van der Waals surface area contributed by atoms with E-state index in [4.69, 9.17) is 23.2 Å². The summed E-state index contributed by atoms with van der Waals surface area (Å²) in [5.41, 5.74) is 0.871. The van der Waals surface area contributed by atoms with Crippen molar-refractivity contribution in [2.45, 2.75) is 0 Å². The molecule has 0 bridgehead atoms. The van der Waals surface area contributed by atoms with Gasteiger partial charge in [-0.25, -0.2) is 4.98 Å². The minimum absolute atomic E-state index is 0.0984. The number of phenolic OH excluding ortho intramolecular Hbond substituents is 1. The van der Waals surface area contributed by atoms with Crippen LogP contribution >= 0.6 is 23.2 Å². The van der Waals surface area contributed by atoms with Gasteiger partial charge in [-0.1, -0.05) is 28.4 Å². The summed E-state index contributed by atoms with van der Waals surface area (Å²) in [5.74, 6) is -0.0984.